The summed E-state index contributed by atoms with van der Waals surface area (Å²) in [6.07, 6.45) is 1.61. The first-order valence-corrected chi connectivity index (χ1v) is 11.6. The molecule has 9 nitrogen and oxygen atoms in total. The van der Waals surface area contributed by atoms with E-state index in [0.717, 1.165) is 4.31 Å². The van der Waals surface area contributed by atoms with Gasteiger partial charge in [0.2, 0.25) is 27.2 Å². The van der Waals surface area contributed by atoms with Gasteiger partial charge in [-0.25, -0.2) is 12.7 Å². The van der Waals surface area contributed by atoms with Crippen LogP contribution in [0, 0.1) is 5.92 Å². The Labute approximate surface area is 186 Å². The zero-order chi connectivity index (χ0) is 23.1. The van der Waals surface area contributed by atoms with E-state index in [1.165, 1.54) is 40.5 Å². The molecule has 170 valence electrons. The molecule has 1 N–H and O–H groups in total. The van der Waals surface area contributed by atoms with Gasteiger partial charge < -0.3 is 19.5 Å². The summed E-state index contributed by atoms with van der Waals surface area (Å²) in [7, 11) is 2.36. The van der Waals surface area contributed by atoms with Crippen LogP contribution < -0.4 is 19.5 Å². The van der Waals surface area contributed by atoms with Crippen molar-refractivity contribution < 1.29 is 32.2 Å². The molecule has 2 aliphatic rings. The van der Waals surface area contributed by atoms with E-state index in [9.17, 15) is 18.0 Å². The topological polar surface area (TPSA) is 111 Å². The number of carbonyl (C=O) groups excluding carboxylic acids is 2. The first kappa shape index (κ1) is 23.4. The number of rotatable bonds is 7. The second-order valence-corrected chi connectivity index (χ2v) is 10.3. The Morgan fingerprint density at radius 3 is 2.45 bits per heavy atom. The zero-order valence-electron chi connectivity index (χ0n) is 17.9. The van der Waals surface area contributed by atoms with Crippen molar-refractivity contribution in [2.75, 3.05) is 40.6 Å². The molecule has 0 aromatic heterocycles. The maximum Gasteiger partial charge on any atom is 0.236 e. The quantitative estimate of drug-likeness (QED) is 0.596. The van der Waals surface area contributed by atoms with E-state index in [0.29, 0.717) is 12.1 Å². The highest BCUT2D eigenvalue weighted by atomic mass is 35.5. The molecule has 0 saturated heterocycles. The predicted octanol–water partition coefficient (Wildman–Crippen LogP) is 1.64. The number of Topliss-reactive ketones (excluding diaryl/α,β-unsaturated/α-hetero) is 1. The van der Waals surface area contributed by atoms with Crippen LogP contribution in [0.25, 0.3) is 0 Å². The summed E-state index contributed by atoms with van der Waals surface area (Å²) in [5.41, 5.74) is -1.11. The average molecular weight is 473 g/mol. The fraction of sp³-hybridized carbons (Fsp3) is 0.500. The van der Waals surface area contributed by atoms with Gasteiger partial charge in [-0.05, 0) is 6.42 Å². The summed E-state index contributed by atoms with van der Waals surface area (Å²) in [5, 5.41) is 3.07. The number of ketones is 2. The van der Waals surface area contributed by atoms with Gasteiger partial charge in [0.25, 0.3) is 0 Å². The van der Waals surface area contributed by atoms with Gasteiger partial charge in [-0.2, -0.15) is 0 Å². The third kappa shape index (κ3) is 3.77. The highest BCUT2D eigenvalue weighted by Crippen LogP contribution is 2.52. The van der Waals surface area contributed by atoms with Crippen molar-refractivity contribution in [3.63, 3.8) is 0 Å². The van der Waals surface area contributed by atoms with Crippen LogP contribution in [0.5, 0.6) is 17.2 Å². The molecule has 3 rings (SSSR count). The third-order valence-corrected chi connectivity index (χ3v) is 7.77. The number of halogens is 1. The van der Waals surface area contributed by atoms with E-state index < -0.39 is 33.1 Å². The van der Waals surface area contributed by atoms with E-state index in [1.54, 1.807) is 6.92 Å². The third-order valence-electron chi connectivity index (χ3n) is 5.58. The lowest BCUT2D eigenvalue weighted by atomic mass is 9.74. The number of hydrogen-bond acceptors (Lipinski definition) is 8. The van der Waals surface area contributed by atoms with Crippen molar-refractivity contribution in [2.24, 2.45) is 5.92 Å². The van der Waals surface area contributed by atoms with Gasteiger partial charge in [0.15, 0.2) is 5.75 Å². The van der Waals surface area contributed by atoms with Crippen molar-refractivity contribution in [3.8, 4) is 17.2 Å². The number of allylic oxidation sites excluding steroid dienone is 1. The first-order valence-electron chi connectivity index (χ1n) is 9.57. The predicted molar refractivity (Wildman–Crippen MR) is 115 cm³/mol. The Balaban J connectivity index is 1.89. The number of nitrogens with zero attached hydrogens (tertiary/aromatic N) is 1. The SMILES string of the molecule is COc1cc(OC)c2c(c1Cl)OC1(C(=O)C=C(NCCS(=O)(=O)N(C)C)CC1C)C2=O. The summed E-state index contributed by atoms with van der Waals surface area (Å²) in [6.45, 7) is 1.86. The molecular formula is C20H25ClN2O7S. The van der Waals surface area contributed by atoms with Crippen molar-refractivity contribution >= 4 is 33.2 Å². The molecule has 0 radical (unpaired) electrons. The van der Waals surface area contributed by atoms with Crippen molar-refractivity contribution in [1.82, 2.24) is 9.62 Å². The summed E-state index contributed by atoms with van der Waals surface area (Å²) >= 11 is 6.35. The Hall–Kier alpha value is -2.30. The van der Waals surface area contributed by atoms with Gasteiger partial charge in [0.05, 0.1) is 20.0 Å². The van der Waals surface area contributed by atoms with Crippen LogP contribution in [0.3, 0.4) is 0 Å². The lowest BCUT2D eigenvalue weighted by Crippen LogP contribution is -2.55. The van der Waals surface area contributed by atoms with Gasteiger partial charge in [-0.3, -0.25) is 9.59 Å². The van der Waals surface area contributed by atoms with Gasteiger partial charge in [0, 0.05) is 44.4 Å². The molecule has 0 amide bonds. The second kappa shape index (κ2) is 8.33. The Bertz CT molecular complexity index is 1070. The highest BCUT2D eigenvalue weighted by Gasteiger charge is 2.60. The number of hydrogen-bond donors (Lipinski definition) is 1. The van der Waals surface area contributed by atoms with E-state index in [4.69, 9.17) is 25.8 Å². The van der Waals surface area contributed by atoms with Crippen LogP contribution in [-0.2, 0) is 14.8 Å². The number of fused-ring (bicyclic) bond motifs is 1. The van der Waals surface area contributed by atoms with E-state index in [-0.39, 0.29) is 40.1 Å². The smallest absolute Gasteiger partial charge is 0.236 e. The zero-order valence-corrected chi connectivity index (χ0v) is 19.5. The molecular weight excluding hydrogens is 448 g/mol. The molecule has 1 spiro atoms. The van der Waals surface area contributed by atoms with Crippen molar-refractivity contribution in [3.05, 3.63) is 28.4 Å². The van der Waals surface area contributed by atoms with Gasteiger partial charge in [0.1, 0.15) is 22.1 Å². The largest absolute Gasteiger partial charge is 0.496 e. The second-order valence-electron chi connectivity index (χ2n) is 7.63. The van der Waals surface area contributed by atoms with Crippen LogP contribution in [0.2, 0.25) is 5.02 Å². The van der Waals surface area contributed by atoms with Crippen LogP contribution in [-0.4, -0.2) is 70.5 Å². The lowest BCUT2D eigenvalue weighted by Gasteiger charge is -2.35. The monoisotopic (exact) mass is 472 g/mol. The number of carbonyl (C=O) groups is 2. The van der Waals surface area contributed by atoms with E-state index in [1.807, 2.05) is 0 Å². The minimum absolute atomic E-state index is 0.0601. The number of ether oxygens (including phenoxy) is 3. The van der Waals surface area contributed by atoms with E-state index in [2.05, 4.69) is 5.32 Å². The Morgan fingerprint density at radius 1 is 1.26 bits per heavy atom. The molecule has 1 aliphatic carbocycles. The van der Waals surface area contributed by atoms with Crippen LogP contribution in [0.15, 0.2) is 17.8 Å². The van der Waals surface area contributed by atoms with Gasteiger partial charge >= 0.3 is 0 Å². The summed E-state index contributed by atoms with van der Waals surface area (Å²) in [4.78, 5) is 26.5. The molecule has 1 aromatic carbocycles. The molecule has 2 atom stereocenters. The van der Waals surface area contributed by atoms with Gasteiger partial charge in [-0.15, -0.1) is 0 Å². The lowest BCUT2D eigenvalue weighted by molar-refractivity contribution is -0.129. The average Bonchev–Trinajstić information content (AvgIpc) is 3.02. The Morgan fingerprint density at radius 2 is 1.90 bits per heavy atom. The molecule has 2 unspecified atom stereocenters. The number of methoxy groups -OCH3 is 2. The van der Waals surface area contributed by atoms with Crippen LogP contribution in [0.4, 0.5) is 0 Å². The summed E-state index contributed by atoms with van der Waals surface area (Å²) in [5.74, 6) is -1.19. The minimum Gasteiger partial charge on any atom is -0.496 e. The van der Waals surface area contributed by atoms with E-state index >= 15 is 0 Å². The molecule has 1 aromatic rings. The highest BCUT2D eigenvalue weighted by molar-refractivity contribution is 7.89. The molecule has 0 fully saturated rings. The van der Waals surface area contributed by atoms with Gasteiger partial charge in [-0.1, -0.05) is 18.5 Å². The molecule has 11 heteroatoms. The number of sulfonamides is 1. The Kier molecular flexibility index (Phi) is 6.28. The molecule has 1 aliphatic heterocycles. The van der Waals surface area contributed by atoms with Crippen LogP contribution >= 0.6 is 11.6 Å². The van der Waals surface area contributed by atoms with Crippen molar-refractivity contribution in [2.45, 2.75) is 18.9 Å². The normalized spacial score (nSPS) is 22.9. The summed E-state index contributed by atoms with van der Waals surface area (Å²) in [6, 6.07) is 1.48. The molecule has 31 heavy (non-hydrogen) atoms. The van der Waals surface area contributed by atoms with Crippen LogP contribution in [0.1, 0.15) is 23.7 Å². The number of nitrogens with one attached hydrogen (secondary N) is 1. The molecule has 1 heterocycles. The molecule has 0 bridgehead atoms. The first-order chi connectivity index (χ1) is 14.5. The number of benzene rings is 1. The van der Waals surface area contributed by atoms with Crippen molar-refractivity contribution in [1.29, 1.82) is 0 Å². The maximum absolute atomic E-state index is 13.4. The fourth-order valence-corrected chi connectivity index (χ4v) is 4.77. The fourth-order valence-electron chi connectivity index (χ4n) is 3.78. The minimum atomic E-state index is -3.37. The maximum atomic E-state index is 13.4. The molecule has 0 saturated carbocycles. The summed E-state index contributed by atoms with van der Waals surface area (Å²) < 4.78 is 41.5. The standard InChI is InChI=1S/C20H25ClN2O7S/c1-11-8-12(22-6-7-31(26,27)23(2)3)9-15(24)20(11)19(25)16-13(28-4)10-14(29-5)17(21)18(16)30-20/h9-11,22H,6-8H2,1-5H3.